The Morgan fingerprint density at radius 3 is 2.73 bits per heavy atom. The number of alkyl halides is 2. The van der Waals surface area contributed by atoms with Gasteiger partial charge in [0, 0.05) is 23.9 Å². The number of hydrogen-bond acceptors (Lipinski definition) is 3. The number of aryl methyl sites for hydroxylation is 1. The average molecular weight is 309 g/mol. The van der Waals surface area contributed by atoms with Gasteiger partial charge in [-0.05, 0) is 32.0 Å². The Hall–Kier alpha value is -2.44. The molecule has 2 rings (SSSR count). The largest absolute Gasteiger partial charge is 0.435 e. The molecule has 0 saturated carbocycles. The number of amides is 1. The molecule has 0 radical (unpaired) electrons. The molecule has 0 saturated heterocycles. The van der Waals surface area contributed by atoms with Gasteiger partial charge in [-0.2, -0.15) is 13.9 Å². The van der Waals surface area contributed by atoms with Gasteiger partial charge in [0.25, 0.3) is 5.91 Å². The molecule has 1 amide bonds. The quantitative estimate of drug-likeness (QED) is 0.924. The van der Waals surface area contributed by atoms with Crippen LogP contribution in [0.5, 0.6) is 5.75 Å². The summed E-state index contributed by atoms with van der Waals surface area (Å²) in [6.45, 7) is 0.819. The van der Waals surface area contributed by atoms with Gasteiger partial charge in [-0.1, -0.05) is 6.07 Å². The van der Waals surface area contributed by atoms with E-state index in [1.54, 1.807) is 10.9 Å². The lowest BCUT2D eigenvalue weighted by Crippen LogP contribution is -2.27. The molecule has 5 nitrogen and oxygen atoms in total. The fraction of sp³-hybridized carbons (Fsp3) is 0.333. The second kappa shape index (κ2) is 6.55. The molecule has 1 aromatic carbocycles. The first kappa shape index (κ1) is 15.9. The summed E-state index contributed by atoms with van der Waals surface area (Å²) >= 11 is 0. The highest BCUT2D eigenvalue weighted by Crippen LogP contribution is 2.19. The van der Waals surface area contributed by atoms with Gasteiger partial charge in [-0.15, -0.1) is 0 Å². The van der Waals surface area contributed by atoms with Crippen molar-refractivity contribution in [3.05, 3.63) is 47.3 Å². The predicted molar refractivity (Wildman–Crippen MR) is 76.9 cm³/mol. The average Bonchev–Trinajstić information content (AvgIpc) is 2.78. The van der Waals surface area contributed by atoms with E-state index in [-0.39, 0.29) is 23.3 Å². The summed E-state index contributed by atoms with van der Waals surface area (Å²) < 4.78 is 30.4. The summed E-state index contributed by atoms with van der Waals surface area (Å²) in [5.41, 5.74) is 2.10. The lowest BCUT2D eigenvalue weighted by Gasteiger charge is -2.14. The zero-order valence-electron chi connectivity index (χ0n) is 12.5. The molecule has 0 unspecified atom stereocenters. The predicted octanol–water partition coefficient (Wildman–Crippen LogP) is 2.82. The number of hydrogen-bond donors (Lipinski definition) is 1. The maximum atomic E-state index is 12.2. The van der Waals surface area contributed by atoms with Crippen LogP contribution >= 0.6 is 0 Å². The Bertz CT molecular complexity index is 671. The van der Waals surface area contributed by atoms with Crippen LogP contribution in [0.25, 0.3) is 0 Å². The number of benzene rings is 1. The van der Waals surface area contributed by atoms with Crippen LogP contribution in [-0.2, 0) is 7.05 Å². The molecule has 0 spiro atoms. The minimum absolute atomic E-state index is 0.0483. The number of aromatic nitrogens is 2. The summed E-state index contributed by atoms with van der Waals surface area (Å²) in [5.74, 6) is -0.414. The maximum Gasteiger partial charge on any atom is 0.387 e. The van der Waals surface area contributed by atoms with Crippen molar-refractivity contribution >= 4 is 5.91 Å². The van der Waals surface area contributed by atoms with E-state index in [9.17, 15) is 13.6 Å². The van der Waals surface area contributed by atoms with Crippen LogP contribution in [-0.4, -0.2) is 22.3 Å². The van der Waals surface area contributed by atoms with Crippen molar-refractivity contribution in [2.75, 3.05) is 0 Å². The van der Waals surface area contributed by atoms with Gasteiger partial charge in [-0.25, -0.2) is 0 Å². The first-order chi connectivity index (χ1) is 10.4. The highest BCUT2D eigenvalue weighted by Gasteiger charge is 2.16. The number of nitrogens with zero attached hydrogens (tertiary/aromatic N) is 2. The fourth-order valence-electron chi connectivity index (χ4n) is 2.11. The van der Waals surface area contributed by atoms with Crippen LogP contribution in [0.2, 0.25) is 0 Å². The van der Waals surface area contributed by atoms with Crippen molar-refractivity contribution in [2.45, 2.75) is 26.5 Å². The van der Waals surface area contributed by atoms with E-state index in [0.717, 1.165) is 11.3 Å². The van der Waals surface area contributed by atoms with Gasteiger partial charge < -0.3 is 10.1 Å². The van der Waals surface area contributed by atoms with E-state index < -0.39 is 6.61 Å². The molecule has 0 bridgehead atoms. The summed E-state index contributed by atoms with van der Waals surface area (Å²) in [6.07, 6.45) is 1.69. The van der Waals surface area contributed by atoms with E-state index in [1.165, 1.54) is 24.3 Å². The van der Waals surface area contributed by atoms with Crippen molar-refractivity contribution in [1.29, 1.82) is 0 Å². The number of nitrogens with one attached hydrogen (secondary N) is 1. The van der Waals surface area contributed by atoms with Crippen LogP contribution in [0, 0.1) is 6.92 Å². The first-order valence-electron chi connectivity index (χ1n) is 6.72. The second-order valence-corrected chi connectivity index (χ2v) is 4.91. The smallest absolute Gasteiger partial charge is 0.387 e. The van der Waals surface area contributed by atoms with Crippen LogP contribution in [0.15, 0.2) is 30.5 Å². The summed E-state index contributed by atoms with van der Waals surface area (Å²) in [4.78, 5) is 12.2. The normalized spacial score (nSPS) is 12.3. The van der Waals surface area contributed by atoms with Gasteiger partial charge in [0.05, 0.1) is 12.2 Å². The zero-order valence-corrected chi connectivity index (χ0v) is 12.5. The van der Waals surface area contributed by atoms with Gasteiger partial charge in [0.15, 0.2) is 0 Å². The number of rotatable bonds is 5. The molecule has 0 aliphatic rings. The molecule has 7 heteroatoms. The standard InChI is InChI=1S/C15H17F2N3O2/c1-9(13-8-18-20(3)10(13)2)19-14(21)11-5-4-6-12(7-11)22-15(16)17/h4-9,15H,1-3H3,(H,19,21)/t9-/m1/s1. The molecule has 2 aromatic rings. The highest BCUT2D eigenvalue weighted by atomic mass is 19.3. The van der Waals surface area contributed by atoms with Crippen molar-refractivity contribution in [1.82, 2.24) is 15.1 Å². The van der Waals surface area contributed by atoms with E-state index >= 15 is 0 Å². The van der Waals surface area contributed by atoms with Crippen molar-refractivity contribution < 1.29 is 18.3 Å². The molecule has 118 valence electrons. The van der Waals surface area contributed by atoms with Gasteiger partial charge in [0.1, 0.15) is 5.75 Å². The lowest BCUT2D eigenvalue weighted by atomic mass is 10.1. The molecule has 0 fully saturated rings. The molecule has 22 heavy (non-hydrogen) atoms. The number of ether oxygens (including phenoxy) is 1. The Morgan fingerprint density at radius 1 is 1.41 bits per heavy atom. The van der Waals surface area contributed by atoms with E-state index in [0.29, 0.717) is 0 Å². The Labute approximate surface area is 126 Å². The minimum atomic E-state index is -2.92. The van der Waals surface area contributed by atoms with Crippen molar-refractivity contribution in [3.63, 3.8) is 0 Å². The number of halogens is 2. The minimum Gasteiger partial charge on any atom is -0.435 e. The summed E-state index contributed by atoms with van der Waals surface area (Å²) in [5, 5.41) is 6.94. The third-order valence-electron chi connectivity index (χ3n) is 3.41. The number of carbonyl (C=O) groups excluding carboxylic acids is 1. The van der Waals surface area contributed by atoms with E-state index in [4.69, 9.17) is 0 Å². The Morgan fingerprint density at radius 2 is 2.14 bits per heavy atom. The molecular weight excluding hydrogens is 292 g/mol. The van der Waals surface area contributed by atoms with Crippen LogP contribution in [0.1, 0.15) is 34.6 Å². The molecule has 1 aromatic heterocycles. The fourth-order valence-corrected chi connectivity index (χ4v) is 2.11. The maximum absolute atomic E-state index is 12.2. The van der Waals surface area contributed by atoms with Crippen LogP contribution in [0.3, 0.4) is 0 Å². The molecule has 0 aliphatic heterocycles. The molecule has 0 aliphatic carbocycles. The molecular formula is C15H17F2N3O2. The molecule has 1 N–H and O–H groups in total. The van der Waals surface area contributed by atoms with Crippen molar-refractivity contribution in [2.24, 2.45) is 7.05 Å². The van der Waals surface area contributed by atoms with E-state index in [1.807, 2.05) is 20.9 Å². The van der Waals surface area contributed by atoms with Gasteiger partial charge in [0.2, 0.25) is 0 Å². The topological polar surface area (TPSA) is 56.1 Å². The van der Waals surface area contributed by atoms with Crippen molar-refractivity contribution in [3.8, 4) is 5.75 Å². The summed E-state index contributed by atoms with van der Waals surface area (Å²) in [7, 11) is 1.82. The molecule has 1 atom stereocenters. The lowest BCUT2D eigenvalue weighted by molar-refractivity contribution is -0.0498. The van der Waals surface area contributed by atoms with E-state index in [2.05, 4.69) is 15.2 Å². The Balaban J connectivity index is 2.10. The SMILES string of the molecule is Cc1c([C@@H](C)NC(=O)c2cccc(OC(F)F)c2)cnn1C. The van der Waals surface area contributed by atoms with Crippen LogP contribution in [0.4, 0.5) is 8.78 Å². The van der Waals surface area contributed by atoms with Gasteiger partial charge >= 0.3 is 6.61 Å². The highest BCUT2D eigenvalue weighted by molar-refractivity contribution is 5.94. The van der Waals surface area contributed by atoms with Crippen LogP contribution < -0.4 is 10.1 Å². The second-order valence-electron chi connectivity index (χ2n) is 4.91. The monoisotopic (exact) mass is 309 g/mol. The third-order valence-corrected chi connectivity index (χ3v) is 3.41. The van der Waals surface area contributed by atoms with Gasteiger partial charge in [-0.3, -0.25) is 9.48 Å². The Kier molecular flexibility index (Phi) is 4.75. The zero-order chi connectivity index (χ0) is 16.3. The summed E-state index contributed by atoms with van der Waals surface area (Å²) in [6, 6.07) is 5.44. The number of carbonyl (C=O) groups is 1. The first-order valence-corrected chi connectivity index (χ1v) is 6.72. The third kappa shape index (κ3) is 3.60. The molecule has 1 heterocycles.